The minimum Gasteiger partial charge on any atom is -0.487 e. The first-order chi connectivity index (χ1) is 25.6. The quantitative estimate of drug-likeness (QED) is 0.111. The fraction of sp³-hybridized carbons (Fsp3) is 0.268. The van der Waals surface area contributed by atoms with Crippen LogP contribution < -0.4 is 26.3 Å². The lowest BCUT2D eigenvalue weighted by atomic mass is 9.98. The van der Waals surface area contributed by atoms with E-state index in [1.165, 1.54) is 6.20 Å². The number of hydrogen-bond acceptors (Lipinski definition) is 9. The van der Waals surface area contributed by atoms with Gasteiger partial charge in [-0.15, -0.1) is 5.53 Å². The Labute approximate surface area is 325 Å². The van der Waals surface area contributed by atoms with E-state index in [2.05, 4.69) is 69.5 Å². The van der Waals surface area contributed by atoms with Gasteiger partial charge in [0, 0.05) is 58.9 Å². The molecule has 0 amide bonds. The van der Waals surface area contributed by atoms with Crippen LogP contribution in [0.1, 0.15) is 56.3 Å². The second-order valence-electron chi connectivity index (χ2n) is 14.3. The van der Waals surface area contributed by atoms with Crippen molar-refractivity contribution in [2.45, 2.75) is 57.8 Å². The molecular weight excluding hydrogens is 727 g/mol. The van der Waals surface area contributed by atoms with Crippen LogP contribution in [0.3, 0.4) is 0 Å². The van der Waals surface area contributed by atoms with Gasteiger partial charge in [0.1, 0.15) is 18.4 Å². The number of nitriles is 1. The van der Waals surface area contributed by atoms with Crippen LogP contribution >= 0.6 is 34.8 Å². The molecule has 7 rings (SSSR count). The number of halogens is 3. The molecule has 1 aromatic heterocycles. The second-order valence-corrected chi connectivity index (χ2v) is 15.6. The fourth-order valence-corrected chi connectivity index (χ4v) is 7.43. The van der Waals surface area contributed by atoms with E-state index in [0.29, 0.717) is 61.3 Å². The van der Waals surface area contributed by atoms with Crippen LogP contribution in [-0.4, -0.2) is 39.6 Å². The third-order valence-electron chi connectivity index (χ3n) is 9.72. The molecule has 3 heterocycles. The molecule has 0 spiro atoms. The molecule has 53 heavy (non-hydrogen) atoms. The maximum Gasteiger partial charge on any atom is 0.138 e. The Hall–Kier alpha value is -4.69. The Kier molecular flexibility index (Phi) is 10.9. The van der Waals surface area contributed by atoms with Crippen molar-refractivity contribution < 1.29 is 4.74 Å². The van der Waals surface area contributed by atoms with Crippen LogP contribution in [0.15, 0.2) is 103 Å². The fourth-order valence-electron chi connectivity index (χ4n) is 6.80. The van der Waals surface area contributed by atoms with Crippen LogP contribution in [0.2, 0.25) is 15.1 Å². The molecule has 0 radical (unpaired) electrons. The molecular formula is C41H41Cl3N8O. The Morgan fingerprint density at radius 1 is 0.943 bits per heavy atom. The van der Waals surface area contributed by atoms with Crippen LogP contribution in [0.25, 0.3) is 10.9 Å². The predicted molar refractivity (Wildman–Crippen MR) is 215 cm³/mol. The van der Waals surface area contributed by atoms with Gasteiger partial charge in [0.15, 0.2) is 0 Å². The van der Waals surface area contributed by atoms with E-state index in [9.17, 15) is 5.26 Å². The van der Waals surface area contributed by atoms with Crippen molar-refractivity contribution in [2.24, 2.45) is 0 Å². The molecule has 0 unspecified atom stereocenters. The summed E-state index contributed by atoms with van der Waals surface area (Å²) in [6.45, 7) is 9.29. The Morgan fingerprint density at radius 2 is 1.68 bits per heavy atom. The predicted octanol–water partition coefficient (Wildman–Crippen LogP) is 9.97. The van der Waals surface area contributed by atoms with Gasteiger partial charge in [-0.1, -0.05) is 77.3 Å². The number of hydrazine groups is 2. The van der Waals surface area contributed by atoms with Crippen LogP contribution in [0.5, 0.6) is 5.75 Å². The second kappa shape index (κ2) is 15.7. The molecule has 1 saturated heterocycles. The number of likely N-dealkylation sites (tertiary alicyclic amines) is 1. The Morgan fingerprint density at radius 3 is 2.38 bits per heavy atom. The van der Waals surface area contributed by atoms with E-state index in [4.69, 9.17) is 39.5 Å². The monoisotopic (exact) mass is 766 g/mol. The molecule has 12 heteroatoms. The molecule has 272 valence electrons. The highest BCUT2D eigenvalue weighted by molar-refractivity contribution is 6.36. The van der Waals surface area contributed by atoms with E-state index in [1.807, 2.05) is 78.9 Å². The summed E-state index contributed by atoms with van der Waals surface area (Å²) in [5.74, 6) is 0.558. The number of aromatic nitrogens is 1. The highest BCUT2D eigenvalue weighted by Gasteiger charge is 2.32. The van der Waals surface area contributed by atoms with Crippen molar-refractivity contribution in [2.75, 3.05) is 23.7 Å². The SMILES string of the molecule is CC(C)(C)N1CCC(N2C=C([C@@H](Nc3cc(Cl)c4ncc(C#N)c(Nc5ccc(OCc6ccccc6)c(Cl)c5)c4c3)c3ccc(Cl)cc3)NN2)CC1. The summed E-state index contributed by atoms with van der Waals surface area (Å²) in [5, 5.41) is 21.7. The van der Waals surface area contributed by atoms with E-state index < -0.39 is 0 Å². The number of pyridine rings is 1. The lowest BCUT2D eigenvalue weighted by molar-refractivity contribution is 0.0570. The maximum absolute atomic E-state index is 10.2. The van der Waals surface area contributed by atoms with Gasteiger partial charge in [-0.3, -0.25) is 14.9 Å². The number of piperidine rings is 1. The van der Waals surface area contributed by atoms with Gasteiger partial charge in [0.05, 0.1) is 38.6 Å². The minimum absolute atomic E-state index is 0.154. The van der Waals surface area contributed by atoms with E-state index >= 15 is 0 Å². The molecule has 0 aliphatic carbocycles. The van der Waals surface area contributed by atoms with Crippen LogP contribution in [0.4, 0.5) is 17.1 Å². The normalized spacial score (nSPS) is 15.8. The van der Waals surface area contributed by atoms with Crippen molar-refractivity contribution in [1.29, 1.82) is 5.26 Å². The van der Waals surface area contributed by atoms with Crippen molar-refractivity contribution in [3.8, 4) is 11.8 Å². The summed E-state index contributed by atoms with van der Waals surface area (Å²) in [5.41, 5.74) is 12.9. The Bertz CT molecular complexity index is 2160. The summed E-state index contributed by atoms with van der Waals surface area (Å²) < 4.78 is 5.98. The summed E-state index contributed by atoms with van der Waals surface area (Å²) >= 11 is 19.9. The number of fused-ring (bicyclic) bond motifs is 1. The molecule has 1 fully saturated rings. The van der Waals surface area contributed by atoms with Gasteiger partial charge in [-0.2, -0.15) is 5.26 Å². The zero-order chi connectivity index (χ0) is 37.1. The maximum atomic E-state index is 10.2. The van der Waals surface area contributed by atoms with E-state index in [-0.39, 0.29) is 11.6 Å². The average Bonchev–Trinajstić information content (AvgIpc) is 3.65. The first-order valence-electron chi connectivity index (χ1n) is 17.6. The largest absolute Gasteiger partial charge is 0.487 e. The highest BCUT2D eigenvalue weighted by Crippen LogP contribution is 2.38. The number of benzene rings is 4. The smallest absolute Gasteiger partial charge is 0.138 e. The summed E-state index contributed by atoms with van der Waals surface area (Å²) in [6.07, 6.45) is 5.77. The number of hydrogen-bond donors (Lipinski definition) is 4. The standard InChI is InChI=1S/C41H41Cl3N8O/c1-41(2,3)51-17-15-32(16-18-51)52-24-36(49-50-52)39(27-9-11-29(42)12-10-27)48-31-19-33-38(28(22-45)23-46-40(33)35(44)21-31)47-30-13-14-37(34(43)20-30)53-25-26-7-5-4-6-8-26/h4-14,19-21,23-24,32,39,48-50H,15-18,25H2,1-3H3,(H,46,47)/t39-/m0/s1. The summed E-state index contributed by atoms with van der Waals surface area (Å²) in [4.78, 5) is 7.10. The highest BCUT2D eigenvalue weighted by atomic mass is 35.5. The van der Waals surface area contributed by atoms with Crippen molar-refractivity contribution >= 4 is 62.8 Å². The zero-order valence-electron chi connectivity index (χ0n) is 29.8. The summed E-state index contributed by atoms with van der Waals surface area (Å²) in [7, 11) is 0. The van der Waals surface area contributed by atoms with Crippen LogP contribution in [0, 0.1) is 11.3 Å². The van der Waals surface area contributed by atoms with Crippen molar-refractivity contribution in [1.82, 2.24) is 25.9 Å². The lowest BCUT2D eigenvalue weighted by Gasteiger charge is -2.42. The number of rotatable bonds is 10. The van der Waals surface area contributed by atoms with Gasteiger partial charge in [0.2, 0.25) is 0 Å². The first kappa shape index (κ1) is 36.7. The van der Waals surface area contributed by atoms with Gasteiger partial charge < -0.3 is 20.8 Å². The first-order valence-corrected chi connectivity index (χ1v) is 18.7. The van der Waals surface area contributed by atoms with Gasteiger partial charge >= 0.3 is 0 Å². The molecule has 2 aliphatic heterocycles. The van der Waals surface area contributed by atoms with E-state index in [0.717, 1.165) is 48.4 Å². The zero-order valence-corrected chi connectivity index (χ0v) is 32.0. The molecule has 9 nitrogen and oxygen atoms in total. The van der Waals surface area contributed by atoms with Crippen molar-refractivity contribution in [3.05, 3.63) is 135 Å². The number of ether oxygens (including phenoxy) is 1. The van der Waals surface area contributed by atoms with Crippen molar-refractivity contribution in [3.63, 3.8) is 0 Å². The topological polar surface area (TPSA) is 101 Å². The summed E-state index contributed by atoms with van der Waals surface area (Å²) in [6, 6.07) is 29.3. The van der Waals surface area contributed by atoms with Gasteiger partial charge in [-0.25, -0.2) is 0 Å². The van der Waals surface area contributed by atoms with E-state index in [1.54, 1.807) is 6.07 Å². The molecule has 1 atom stereocenters. The third kappa shape index (κ3) is 8.43. The Balaban J connectivity index is 1.17. The lowest BCUT2D eigenvalue weighted by Crippen LogP contribution is -2.52. The molecule has 4 aromatic carbocycles. The average molecular weight is 768 g/mol. The molecule has 0 saturated carbocycles. The molecule has 2 aliphatic rings. The van der Waals surface area contributed by atoms with Gasteiger partial charge in [0.25, 0.3) is 0 Å². The molecule has 5 aromatic rings. The van der Waals surface area contributed by atoms with Gasteiger partial charge in [-0.05, 0) is 87.2 Å². The van der Waals surface area contributed by atoms with Crippen LogP contribution in [-0.2, 0) is 6.61 Å². The number of nitrogens with zero attached hydrogens (tertiary/aromatic N) is 4. The molecule has 0 bridgehead atoms. The molecule has 4 N–H and O–H groups in total. The minimum atomic E-state index is -0.293. The third-order valence-corrected chi connectivity index (χ3v) is 10.6. The number of nitrogens with one attached hydrogen (secondary N) is 4. The number of anilines is 3.